The SMILES string of the molecule is Cn1cc(C2=C(c3cn(Cc4ccccc4CN)c4ccccc34)C(=O)NC2=O)c2ccccc21. The number of hydrogen-bond donors (Lipinski definition) is 2. The third kappa shape index (κ3) is 3.30. The molecule has 3 N–H and O–H groups in total. The van der Waals surface area contributed by atoms with Crippen molar-refractivity contribution in [3.8, 4) is 0 Å². The maximum absolute atomic E-state index is 13.2. The number of amides is 2. The minimum Gasteiger partial charge on any atom is -0.350 e. The Morgan fingerprint density at radius 1 is 0.714 bits per heavy atom. The van der Waals surface area contributed by atoms with Crippen molar-refractivity contribution in [1.29, 1.82) is 0 Å². The van der Waals surface area contributed by atoms with Gasteiger partial charge in [-0.25, -0.2) is 0 Å². The molecule has 1 aliphatic rings. The van der Waals surface area contributed by atoms with Crippen LogP contribution >= 0.6 is 0 Å². The number of hydrogen-bond acceptors (Lipinski definition) is 3. The molecule has 3 aromatic carbocycles. The Balaban J connectivity index is 1.59. The fourth-order valence-corrected chi connectivity index (χ4v) is 5.18. The van der Waals surface area contributed by atoms with E-state index in [1.807, 2.05) is 90.7 Å². The lowest BCUT2D eigenvalue weighted by molar-refractivity contribution is -0.122. The van der Waals surface area contributed by atoms with E-state index in [1.54, 1.807) is 0 Å². The van der Waals surface area contributed by atoms with Crippen LogP contribution in [-0.4, -0.2) is 20.9 Å². The van der Waals surface area contributed by atoms with E-state index in [4.69, 9.17) is 5.73 Å². The van der Waals surface area contributed by atoms with E-state index in [0.29, 0.717) is 24.2 Å². The zero-order chi connectivity index (χ0) is 24.1. The Hall–Kier alpha value is -4.42. The second-order valence-corrected chi connectivity index (χ2v) is 8.86. The second kappa shape index (κ2) is 8.11. The van der Waals surface area contributed by atoms with E-state index in [1.165, 1.54) is 0 Å². The van der Waals surface area contributed by atoms with Gasteiger partial charge in [0.2, 0.25) is 0 Å². The summed E-state index contributed by atoms with van der Waals surface area (Å²) >= 11 is 0. The van der Waals surface area contributed by atoms with Gasteiger partial charge in [-0.1, -0.05) is 60.7 Å². The number of carbonyl (C=O) groups excluding carboxylic acids is 2. The largest absolute Gasteiger partial charge is 0.350 e. The molecule has 0 aliphatic carbocycles. The molecule has 0 spiro atoms. The van der Waals surface area contributed by atoms with Crippen molar-refractivity contribution < 1.29 is 9.59 Å². The fourth-order valence-electron chi connectivity index (χ4n) is 5.18. The third-order valence-electron chi connectivity index (χ3n) is 6.83. The minimum atomic E-state index is -0.372. The lowest BCUT2D eigenvalue weighted by Gasteiger charge is -2.10. The second-order valence-electron chi connectivity index (χ2n) is 8.86. The van der Waals surface area contributed by atoms with Crippen molar-refractivity contribution in [2.24, 2.45) is 12.8 Å². The number of benzene rings is 3. The molecule has 5 aromatic rings. The molecule has 6 nitrogen and oxygen atoms in total. The number of imide groups is 1. The molecule has 2 amide bonds. The number of nitrogens with zero attached hydrogens (tertiary/aromatic N) is 2. The topological polar surface area (TPSA) is 82.0 Å². The van der Waals surface area contributed by atoms with Crippen LogP contribution in [0, 0.1) is 0 Å². The summed E-state index contributed by atoms with van der Waals surface area (Å²) in [4.78, 5) is 26.3. The van der Waals surface area contributed by atoms with Gasteiger partial charge in [0.05, 0.1) is 11.1 Å². The molecule has 35 heavy (non-hydrogen) atoms. The lowest BCUT2D eigenvalue weighted by Crippen LogP contribution is -2.22. The molecule has 172 valence electrons. The normalized spacial score (nSPS) is 13.9. The summed E-state index contributed by atoms with van der Waals surface area (Å²) in [6.45, 7) is 1.07. The molecule has 0 atom stereocenters. The summed E-state index contributed by atoms with van der Waals surface area (Å²) in [5.41, 5.74) is 12.5. The maximum atomic E-state index is 13.2. The van der Waals surface area contributed by atoms with Gasteiger partial charge in [0.1, 0.15) is 0 Å². The van der Waals surface area contributed by atoms with Gasteiger partial charge in [-0.05, 0) is 23.3 Å². The van der Waals surface area contributed by atoms with Crippen molar-refractivity contribution in [1.82, 2.24) is 14.5 Å². The first-order valence-corrected chi connectivity index (χ1v) is 11.6. The highest BCUT2D eigenvalue weighted by Gasteiger charge is 2.35. The van der Waals surface area contributed by atoms with Crippen LogP contribution in [0.2, 0.25) is 0 Å². The van der Waals surface area contributed by atoms with E-state index in [0.717, 1.165) is 44.1 Å². The number of aryl methyl sites for hydroxylation is 1. The van der Waals surface area contributed by atoms with Crippen LogP contribution < -0.4 is 11.1 Å². The molecule has 0 fully saturated rings. The van der Waals surface area contributed by atoms with Crippen LogP contribution in [0.15, 0.2) is 85.2 Å². The van der Waals surface area contributed by atoms with Crippen LogP contribution in [-0.2, 0) is 29.7 Å². The molecule has 0 unspecified atom stereocenters. The summed E-state index contributed by atoms with van der Waals surface area (Å²) in [6, 6.07) is 24.0. The predicted molar refractivity (Wildman–Crippen MR) is 138 cm³/mol. The molecule has 0 bridgehead atoms. The van der Waals surface area contributed by atoms with Crippen molar-refractivity contribution in [3.05, 3.63) is 107 Å². The van der Waals surface area contributed by atoms with E-state index in [-0.39, 0.29) is 11.8 Å². The molecule has 1 aliphatic heterocycles. The molecule has 0 saturated heterocycles. The van der Waals surface area contributed by atoms with Gasteiger partial charge in [-0.2, -0.15) is 0 Å². The molecule has 3 heterocycles. The smallest absolute Gasteiger partial charge is 0.259 e. The van der Waals surface area contributed by atoms with Gasteiger partial charge in [-0.3, -0.25) is 14.9 Å². The maximum Gasteiger partial charge on any atom is 0.259 e. The minimum absolute atomic E-state index is 0.369. The molecular formula is C29H24N4O2. The standard InChI is InChI=1S/C29H24N4O2/c1-32-16-22(20-10-4-6-12-24(20)32)26-27(29(35)31-28(26)34)23-17-33(25-13-7-5-11-21(23)25)15-19-9-3-2-8-18(19)14-30/h2-13,16-17H,14-15,30H2,1H3,(H,31,34,35). The van der Waals surface area contributed by atoms with E-state index in [9.17, 15) is 9.59 Å². The molecule has 2 aromatic heterocycles. The van der Waals surface area contributed by atoms with Gasteiger partial charge in [-0.15, -0.1) is 0 Å². The van der Waals surface area contributed by atoms with E-state index in [2.05, 4.69) is 16.0 Å². The van der Waals surface area contributed by atoms with Crippen molar-refractivity contribution in [3.63, 3.8) is 0 Å². The highest BCUT2D eigenvalue weighted by atomic mass is 16.2. The van der Waals surface area contributed by atoms with Crippen molar-refractivity contribution >= 4 is 44.8 Å². The van der Waals surface area contributed by atoms with Crippen LogP contribution in [0.1, 0.15) is 22.3 Å². The average Bonchev–Trinajstić information content (AvgIpc) is 3.50. The van der Waals surface area contributed by atoms with Gasteiger partial charge < -0.3 is 14.9 Å². The van der Waals surface area contributed by atoms with Crippen molar-refractivity contribution in [2.45, 2.75) is 13.1 Å². The molecular weight excluding hydrogens is 436 g/mol. The number of aromatic nitrogens is 2. The molecule has 0 saturated carbocycles. The highest BCUT2D eigenvalue weighted by molar-refractivity contribution is 6.50. The number of rotatable bonds is 5. The Bertz CT molecular complexity index is 1690. The highest BCUT2D eigenvalue weighted by Crippen LogP contribution is 2.39. The number of carbonyl (C=O) groups is 2. The molecule has 0 radical (unpaired) electrons. The third-order valence-corrected chi connectivity index (χ3v) is 6.83. The Morgan fingerprint density at radius 2 is 1.26 bits per heavy atom. The first kappa shape index (κ1) is 21.1. The Kier molecular flexibility index (Phi) is 4.90. The summed E-state index contributed by atoms with van der Waals surface area (Å²) in [7, 11) is 1.95. The Morgan fingerprint density at radius 3 is 1.94 bits per heavy atom. The van der Waals surface area contributed by atoms with Gasteiger partial charge in [0.25, 0.3) is 11.8 Å². The first-order valence-electron chi connectivity index (χ1n) is 11.6. The van der Waals surface area contributed by atoms with Crippen LogP contribution in [0.25, 0.3) is 33.0 Å². The Labute approximate surface area is 202 Å². The summed E-state index contributed by atoms with van der Waals surface area (Å²) in [5.74, 6) is -0.741. The van der Waals surface area contributed by atoms with Gasteiger partial charge in [0.15, 0.2) is 0 Å². The fraction of sp³-hybridized carbons (Fsp3) is 0.103. The predicted octanol–water partition coefficient (Wildman–Crippen LogP) is 4.21. The lowest BCUT2D eigenvalue weighted by atomic mass is 9.95. The van der Waals surface area contributed by atoms with E-state index < -0.39 is 0 Å². The number of nitrogens with two attached hydrogens (primary N) is 1. The number of fused-ring (bicyclic) bond motifs is 2. The number of nitrogens with one attached hydrogen (secondary N) is 1. The average molecular weight is 461 g/mol. The summed E-state index contributed by atoms with van der Waals surface area (Å²) in [5, 5.41) is 4.41. The van der Waals surface area contributed by atoms with Crippen LogP contribution in [0.4, 0.5) is 0 Å². The first-order chi connectivity index (χ1) is 17.1. The van der Waals surface area contributed by atoms with E-state index >= 15 is 0 Å². The summed E-state index contributed by atoms with van der Waals surface area (Å²) in [6.07, 6.45) is 3.91. The van der Waals surface area contributed by atoms with Crippen molar-refractivity contribution in [2.75, 3.05) is 0 Å². The molecule has 6 rings (SSSR count). The van der Waals surface area contributed by atoms with Gasteiger partial charge in [0, 0.05) is 65.5 Å². The van der Waals surface area contributed by atoms with Crippen LogP contribution in [0.3, 0.4) is 0 Å². The van der Waals surface area contributed by atoms with Gasteiger partial charge >= 0.3 is 0 Å². The zero-order valence-electron chi connectivity index (χ0n) is 19.3. The quantitative estimate of drug-likeness (QED) is 0.386. The monoisotopic (exact) mass is 460 g/mol. The van der Waals surface area contributed by atoms with Crippen LogP contribution in [0.5, 0.6) is 0 Å². The summed E-state index contributed by atoms with van der Waals surface area (Å²) < 4.78 is 4.11. The molecule has 6 heteroatoms. The zero-order valence-corrected chi connectivity index (χ0v) is 19.3. The number of para-hydroxylation sites is 2.